The summed E-state index contributed by atoms with van der Waals surface area (Å²) in [5.74, 6) is 8.52. The lowest BCUT2D eigenvalue weighted by Crippen LogP contribution is -2.11. The maximum atomic E-state index is 12.1. The first-order valence-corrected chi connectivity index (χ1v) is 11.2. The number of methoxy groups -OCH3 is 2. The van der Waals surface area contributed by atoms with Gasteiger partial charge in [0, 0.05) is 22.8 Å². The second-order valence-corrected chi connectivity index (χ2v) is 8.54. The molecule has 2 aromatic heterocycles. The largest absolute Gasteiger partial charge is 0.493 e. The van der Waals surface area contributed by atoms with E-state index >= 15 is 0 Å². The predicted molar refractivity (Wildman–Crippen MR) is 123 cm³/mol. The van der Waals surface area contributed by atoms with Crippen molar-refractivity contribution in [2.75, 3.05) is 20.1 Å². The van der Waals surface area contributed by atoms with Gasteiger partial charge in [-0.25, -0.2) is 9.47 Å². The summed E-state index contributed by atoms with van der Waals surface area (Å²) >= 11 is 1.42. The maximum Gasteiger partial charge on any atom is 0.336 e. The molecule has 164 valence electrons. The maximum absolute atomic E-state index is 12.1. The molecule has 5 rings (SSSR count). The number of hydrogen-bond acceptors (Lipinski definition) is 8. The van der Waals surface area contributed by atoms with Crippen LogP contribution in [-0.4, -0.2) is 29.1 Å². The molecule has 0 fully saturated rings. The van der Waals surface area contributed by atoms with E-state index in [1.165, 1.54) is 27.6 Å². The molecule has 8 nitrogen and oxygen atoms in total. The van der Waals surface area contributed by atoms with Crippen LogP contribution in [0, 0.1) is 0 Å². The Kier molecular flexibility index (Phi) is 5.26. The average Bonchev–Trinajstić information content (AvgIpc) is 3.41. The fourth-order valence-electron chi connectivity index (χ4n) is 4.10. The van der Waals surface area contributed by atoms with Crippen molar-refractivity contribution in [1.82, 2.24) is 14.9 Å². The van der Waals surface area contributed by atoms with Crippen molar-refractivity contribution >= 4 is 22.7 Å². The van der Waals surface area contributed by atoms with Gasteiger partial charge in [0.1, 0.15) is 5.58 Å². The molecule has 4 aromatic rings. The summed E-state index contributed by atoms with van der Waals surface area (Å²) in [6, 6.07) is 11.1. The molecule has 2 aromatic carbocycles. The molecule has 0 saturated heterocycles. The summed E-state index contributed by atoms with van der Waals surface area (Å²) in [7, 11) is 3.16. The highest BCUT2D eigenvalue weighted by Crippen LogP contribution is 2.34. The van der Waals surface area contributed by atoms with E-state index in [4.69, 9.17) is 19.7 Å². The van der Waals surface area contributed by atoms with Gasteiger partial charge in [0.25, 0.3) is 0 Å². The van der Waals surface area contributed by atoms with E-state index < -0.39 is 0 Å². The van der Waals surface area contributed by atoms with E-state index in [2.05, 4.69) is 16.3 Å². The average molecular weight is 451 g/mol. The quantitative estimate of drug-likeness (QED) is 0.270. The van der Waals surface area contributed by atoms with Crippen LogP contribution in [-0.2, 0) is 18.6 Å². The lowest BCUT2D eigenvalue weighted by Gasteiger charge is -2.10. The van der Waals surface area contributed by atoms with Crippen molar-refractivity contribution in [1.29, 1.82) is 0 Å². The summed E-state index contributed by atoms with van der Waals surface area (Å²) in [5, 5.41) is 9.99. The number of aromatic nitrogens is 3. The molecule has 0 spiro atoms. The SMILES string of the molecule is COc1ccc(-c2nnc(SCc3cc(=O)oc4cc5c(cc34)CCC5)n2N)cc1OC. The van der Waals surface area contributed by atoms with E-state index in [0.29, 0.717) is 33.8 Å². The zero-order valence-corrected chi connectivity index (χ0v) is 18.6. The van der Waals surface area contributed by atoms with Gasteiger partial charge < -0.3 is 19.7 Å². The summed E-state index contributed by atoms with van der Waals surface area (Å²) in [4.78, 5) is 12.1. The van der Waals surface area contributed by atoms with Crippen LogP contribution in [0.1, 0.15) is 23.1 Å². The van der Waals surface area contributed by atoms with Crippen LogP contribution in [0.2, 0.25) is 0 Å². The Morgan fingerprint density at radius 1 is 1.06 bits per heavy atom. The van der Waals surface area contributed by atoms with Crippen LogP contribution in [0.5, 0.6) is 11.5 Å². The molecule has 0 radical (unpaired) electrons. The summed E-state index contributed by atoms with van der Waals surface area (Å²) in [5.41, 5.74) is 4.53. The zero-order chi connectivity index (χ0) is 22.2. The van der Waals surface area contributed by atoms with Crippen LogP contribution in [0.3, 0.4) is 0 Å². The van der Waals surface area contributed by atoms with Crippen molar-refractivity contribution in [3.63, 3.8) is 0 Å². The van der Waals surface area contributed by atoms with E-state index in [1.807, 2.05) is 12.1 Å². The van der Waals surface area contributed by atoms with Crippen molar-refractivity contribution in [3.05, 3.63) is 63.5 Å². The number of benzene rings is 2. The van der Waals surface area contributed by atoms with Crippen molar-refractivity contribution in [3.8, 4) is 22.9 Å². The molecule has 32 heavy (non-hydrogen) atoms. The van der Waals surface area contributed by atoms with Gasteiger partial charge in [-0.3, -0.25) is 0 Å². The molecule has 0 unspecified atom stereocenters. The molecule has 0 bridgehead atoms. The lowest BCUT2D eigenvalue weighted by atomic mass is 10.0. The second kappa shape index (κ2) is 8.23. The fourth-order valence-corrected chi connectivity index (χ4v) is 4.95. The van der Waals surface area contributed by atoms with E-state index in [-0.39, 0.29) is 5.63 Å². The molecule has 0 saturated carbocycles. The van der Waals surface area contributed by atoms with Gasteiger partial charge in [0.2, 0.25) is 5.16 Å². The molecule has 0 amide bonds. The van der Waals surface area contributed by atoms with Gasteiger partial charge in [-0.1, -0.05) is 11.8 Å². The van der Waals surface area contributed by atoms with Gasteiger partial charge in [0.15, 0.2) is 17.3 Å². The van der Waals surface area contributed by atoms with Crippen molar-refractivity contribution < 1.29 is 13.9 Å². The van der Waals surface area contributed by atoms with Gasteiger partial charge in [0.05, 0.1) is 14.2 Å². The molecular formula is C23H22N4O4S. The Morgan fingerprint density at radius 2 is 1.84 bits per heavy atom. The molecular weight excluding hydrogens is 428 g/mol. The first-order chi connectivity index (χ1) is 15.6. The Morgan fingerprint density at radius 3 is 2.62 bits per heavy atom. The summed E-state index contributed by atoms with van der Waals surface area (Å²) < 4.78 is 17.6. The monoisotopic (exact) mass is 450 g/mol. The first-order valence-electron chi connectivity index (χ1n) is 10.2. The Hall–Kier alpha value is -3.46. The summed E-state index contributed by atoms with van der Waals surface area (Å²) in [6.45, 7) is 0. The predicted octanol–water partition coefficient (Wildman–Crippen LogP) is 3.56. The highest BCUT2D eigenvalue weighted by molar-refractivity contribution is 7.98. The number of fused-ring (bicyclic) bond motifs is 2. The molecule has 1 aliphatic rings. The number of nitrogens with two attached hydrogens (primary N) is 1. The molecule has 0 atom stereocenters. The van der Waals surface area contributed by atoms with Gasteiger partial charge >= 0.3 is 5.63 Å². The van der Waals surface area contributed by atoms with Crippen LogP contribution in [0.25, 0.3) is 22.4 Å². The standard InChI is InChI=1S/C23H22N4O4S/c1-29-18-7-6-15(10-20(18)30-2)22-25-26-23(27(22)24)32-12-16-11-21(28)31-19-9-14-5-3-4-13(14)8-17(16)19/h6-11H,3-5,12,24H2,1-2H3. The topological polar surface area (TPSA) is 105 Å². The molecule has 2 N–H and O–H groups in total. The highest BCUT2D eigenvalue weighted by Gasteiger charge is 2.18. The van der Waals surface area contributed by atoms with E-state index in [9.17, 15) is 4.79 Å². The van der Waals surface area contributed by atoms with Crippen molar-refractivity contribution in [2.45, 2.75) is 30.2 Å². The normalized spacial score (nSPS) is 12.8. The first kappa shape index (κ1) is 20.4. The molecule has 2 heterocycles. The number of rotatable bonds is 6. The smallest absolute Gasteiger partial charge is 0.336 e. The third kappa shape index (κ3) is 3.58. The third-order valence-corrected chi connectivity index (χ3v) is 6.70. The Labute approximate surface area is 188 Å². The van der Waals surface area contributed by atoms with Crippen LogP contribution >= 0.6 is 11.8 Å². The van der Waals surface area contributed by atoms with E-state index in [0.717, 1.165) is 35.8 Å². The van der Waals surface area contributed by atoms with Crippen LogP contribution in [0.15, 0.2) is 50.8 Å². The lowest BCUT2D eigenvalue weighted by molar-refractivity contribution is 0.355. The van der Waals surface area contributed by atoms with Crippen LogP contribution in [0.4, 0.5) is 0 Å². The number of aryl methyl sites for hydroxylation is 2. The minimum Gasteiger partial charge on any atom is -0.493 e. The third-order valence-electron chi connectivity index (χ3n) is 5.71. The molecule has 1 aliphatic carbocycles. The minimum absolute atomic E-state index is 0.355. The minimum atomic E-state index is -0.355. The summed E-state index contributed by atoms with van der Waals surface area (Å²) in [6.07, 6.45) is 3.22. The Bertz CT molecular complexity index is 1380. The van der Waals surface area contributed by atoms with E-state index in [1.54, 1.807) is 32.4 Å². The number of ether oxygens (including phenoxy) is 2. The van der Waals surface area contributed by atoms with Crippen molar-refractivity contribution in [2.24, 2.45) is 0 Å². The number of hydrogen-bond donors (Lipinski definition) is 1. The number of nitrogens with zero attached hydrogens (tertiary/aromatic N) is 3. The van der Waals surface area contributed by atoms with Crippen LogP contribution < -0.4 is 20.9 Å². The molecule has 9 heteroatoms. The fraction of sp³-hybridized carbons (Fsp3) is 0.261. The highest BCUT2D eigenvalue weighted by atomic mass is 32.2. The van der Waals surface area contributed by atoms with Gasteiger partial charge in [-0.05, 0) is 66.3 Å². The Balaban J connectivity index is 1.44. The number of thioether (sulfide) groups is 1. The van der Waals surface area contributed by atoms with Gasteiger partial charge in [-0.2, -0.15) is 0 Å². The molecule has 0 aliphatic heterocycles. The number of nitrogen functional groups attached to an aromatic ring is 1. The second-order valence-electron chi connectivity index (χ2n) is 7.60. The van der Waals surface area contributed by atoms with Gasteiger partial charge in [-0.15, -0.1) is 10.2 Å². The zero-order valence-electron chi connectivity index (χ0n) is 17.8.